The Morgan fingerprint density at radius 3 is 1.73 bits per heavy atom. The van der Waals surface area contributed by atoms with Crippen LogP contribution in [-0.4, -0.2) is 48.8 Å². The number of nitrogens with zero attached hydrogens (tertiary/aromatic N) is 1. The zero-order valence-corrected chi connectivity index (χ0v) is 16.8. The highest BCUT2D eigenvalue weighted by atomic mass is 35.5. The van der Waals surface area contributed by atoms with Crippen LogP contribution in [-0.2, 0) is 0 Å². The van der Waals surface area contributed by atoms with E-state index in [1.165, 1.54) is 64.2 Å². The Hall–Kier alpha value is 0.500. The van der Waals surface area contributed by atoms with Gasteiger partial charge in [0.15, 0.2) is 0 Å². The molecule has 0 spiro atoms. The zero-order valence-electron chi connectivity index (χ0n) is 15.3. The van der Waals surface area contributed by atoms with Crippen molar-refractivity contribution in [2.75, 3.05) is 27.0 Å². The lowest BCUT2D eigenvalue weighted by molar-refractivity contribution is -0.897. The number of hydrogen-bond acceptors (Lipinski definition) is 1. The predicted octanol–water partition coefficient (Wildman–Crippen LogP) is 1.98. The van der Waals surface area contributed by atoms with Crippen LogP contribution in [0.4, 0.5) is 0 Å². The number of rotatable bonds is 14. The van der Waals surface area contributed by atoms with Crippen molar-refractivity contribution in [3.05, 3.63) is 0 Å². The molecule has 0 saturated carbocycles. The average molecular weight is 356 g/mol. The zero-order chi connectivity index (χ0) is 16.1. The molecule has 0 saturated heterocycles. The van der Waals surface area contributed by atoms with Crippen molar-refractivity contribution in [2.24, 2.45) is 0 Å². The Labute approximate surface area is 150 Å². The second-order valence-electron chi connectivity index (χ2n) is 7.43. The van der Waals surface area contributed by atoms with Gasteiger partial charge in [0.1, 0.15) is 0 Å². The van der Waals surface area contributed by atoms with Gasteiger partial charge >= 0.3 is 0 Å². The van der Waals surface area contributed by atoms with E-state index < -0.39 is 0 Å². The first-order valence-electron chi connectivity index (χ1n) is 8.97. The summed E-state index contributed by atoms with van der Waals surface area (Å²) in [6.07, 6.45) is 14.0. The van der Waals surface area contributed by atoms with Gasteiger partial charge in [0.2, 0.25) is 0 Å². The van der Waals surface area contributed by atoms with E-state index in [2.05, 4.69) is 28.1 Å². The van der Waals surface area contributed by atoms with Crippen molar-refractivity contribution in [2.45, 2.75) is 89.7 Å². The second-order valence-corrected chi connectivity index (χ2v) is 7.74. The summed E-state index contributed by atoms with van der Waals surface area (Å²) in [6.45, 7) is 2.27. The summed E-state index contributed by atoms with van der Waals surface area (Å²) >= 11 is 5.74. The largest absolute Gasteiger partial charge is 1.00 e. The van der Waals surface area contributed by atoms with Crippen molar-refractivity contribution in [3.63, 3.8) is 0 Å². The summed E-state index contributed by atoms with van der Waals surface area (Å²) < 4.78 is 0.922. The highest BCUT2D eigenvalue weighted by Crippen LogP contribution is 2.19. The molecule has 0 radical (unpaired) electrons. The standard InChI is InChI=1S/C18H39ClNO.ClH/c1-5-6-7-8-9-10-11-12-13-14-17(20(2,3)4)15-18(21)16-19;/h17-18,21H,5-16H2,1-4H3;1H/q+1;/p-1. The minimum atomic E-state index is -0.354. The van der Waals surface area contributed by atoms with Crippen molar-refractivity contribution >= 4 is 11.6 Å². The summed E-state index contributed by atoms with van der Waals surface area (Å²) in [5.41, 5.74) is 0. The van der Waals surface area contributed by atoms with E-state index in [0.717, 1.165) is 10.9 Å². The van der Waals surface area contributed by atoms with Gasteiger partial charge in [-0.1, -0.05) is 58.3 Å². The Bertz CT molecular complexity index is 232. The molecule has 0 heterocycles. The van der Waals surface area contributed by atoms with E-state index >= 15 is 0 Å². The van der Waals surface area contributed by atoms with Crippen LogP contribution in [0.25, 0.3) is 0 Å². The normalized spacial score (nSPS) is 14.5. The Kier molecular flexibility index (Phi) is 16.9. The van der Waals surface area contributed by atoms with Crippen LogP contribution >= 0.6 is 11.6 Å². The van der Waals surface area contributed by atoms with Crippen LogP contribution in [0, 0.1) is 0 Å². The summed E-state index contributed by atoms with van der Waals surface area (Å²) in [4.78, 5) is 0. The van der Waals surface area contributed by atoms with Gasteiger partial charge in [-0.15, -0.1) is 11.6 Å². The molecule has 0 bridgehead atoms. The van der Waals surface area contributed by atoms with Crippen molar-refractivity contribution in [3.8, 4) is 0 Å². The molecule has 0 aliphatic carbocycles. The minimum absolute atomic E-state index is 0. The fourth-order valence-corrected chi connectivity index (χ4v) is 3.02. The second kappa shape index (κ2) is 15.1. The van der Waals surface area contributed by atoms with E-state index in [9.17, 15) is 5.11 Å². The van der Waals surface area contributed by atoms with Crippen LogP contribution < -0.4 is 12.4 Å². The topological polar surface area (TPSA) is 20.2 Å². The molecule has 0 rings (SSSR count). The molecule has 0 aliphatic heterocycles. The van der Waals surface area contributed by atoms with Gasteiger partial charge in [0.25, 0.3) is 0 Å². The Morgan fingerprint density at radius 2 is 1.32 bits per heavy atom. The molecule has 2 nitrogen and oxygen atoms in total. The van der Waals surface area contributed by atoms with Gasteiger partial charge < -0.3 is 22.0 Å². The molecule has 0 aliphatic rings. The molecule has 0 aromatic heterocycles. The molecule has 0 fully saturated rings. The van der Waals surface area contributed by atoms with Crippen LogP contribution in [0.15, 0.2) is 0 Å². The highest BCUT2D eigenvalue weighted by molar-refractivity contribution is 6.18. The first-order valence-corrected chi connectivity index (χ1v) is 9.50. The van der Waals surface area contributed by atoms with Crippen LogP contribution in [0.1, 0.15) is 77.6 Å². The molecule has 4 heteroatoms. The first kappa shape index (κ1) is 24.7. The van der Waals surface area contributed by atoms with Gasteiger partial charge in [0.05, 0.1) is 33.3 Å². The number of hydrogen-bond donors (Lipinski definition) is 1. The number of aliphatic hydroxyl groups is 1. The van der Waals surface area contributed by atoms with Gasteiger partial charge in [0, 0.05) is 12.3 Å². The SMILES string of the molecule is CCCCCCCCCCCC(CC(O)CCl)[N+](C)(C)C.[Cl-]. The molecular formula is C18H39Cl2NO. The fraction of sp³-hybridized carbons (Fsp3) is 1.00. The fourth-order valence-electron chi connectivity index (χ4n) is 2.89. The molecule has 0 aromatic carbocycles. The molecular weight excluding hydrogens is 317 g/mol. The quantitative estimate of drug-likeness (QED) is 0.287. The van der Waals surface area contributed by atoms with Gasteiger partial charge in [-0.25, -0.2) is 0 Å². The highest BCUT2D eigenvalue weighted by Gasteiger charge is 2.25. The lowest BCUT2D eigenvalue weighted by Gasteiger charge is -2.35. The molecule has 0 aromatic rings. The summed E-state index contributed by atoms with van der Waals surface area (Å²) in [5.74, 6) is 0.355. The number of alkyl halides is 1. The number of aliphatic hydroxyl groups excluding tert-OH is 1. The van der Waals surface area contributed by atoms with Crippen LogP contribution in [0.3, 0.4) is 0 Å². The number of quaternary nitrogens is 1. The van der Waals surface area contributed by atoms with E-state index in [4.69, 9.17) is 11.6 Å². The number of unbranched alkanes of at least 4 members (excludes halogenated alkanes) is 8. The third-order valence-corrected chi connectivity index (χ3v) is 4.81. The third-order valence-electron chi connectivity index (χ3n) is 4.46. The maximum Gasteiger partial charge on any atom is 0.0909 e. The molecule has 0 amide bonds. The third kappa shape index (κ3) is 14.1. The Morgan fingerprint density at radius 1 is 0.864 bits per heavy atom. The lowest BCUT2D eigenvalue weighted by atomic mass is 9.99. The Balaban J connectivity index is 0. The summed E-state index contributed by atoms with van der Waals surface area (Å²) in [7, 11) is 6.66. The van der Waals surface area contributed by atoms with E-state index in [1.54, 1.807) is 0 Å². The molecule has 2 atom stereocenters. The van der Waals surface area contributed by atoms with E-state index in [0.29, 0.717) is 11.9 Å². The van der Waals surface area contributed by atoms with Crippen molar-refractivity contribution in [1.82, 2.24) is 0 Å². The summed E-state index contributed by atoms with van der Waals surface area (Å²) in [6, 6.07) is 0.517. The monoisotopic (exact) mass is 355 g/mol. The average Bonchev–Trinajstić information content (AvgIpc) is 2.42. The van der Waals surface area contributed by atoms with Gasteiger partial charge in [-0.05, 0) is 12.8 Å². The minimum Gasteiger partial charge on any atom is -1.00 e. The van der Waals surface area contributed by atoms with Crippen molar-refractivity contribution in [1.29, 1.82) is 0 Å². The van der Waals surface area contributed by atoms with E-state index in [-0.39, 0.29) is 18.5 Å². The molecule has 2 unspecified atom stereocenters. The van der Waals surface area contributed by atoms with Crippen molar-refractivity contribution < 1.29 is 22.0 Å². The summed E-state index contributed by atoms with van der Waals surface area (Å²) in [5, 5.41) is 9.79. The number of halogens is 2. The maximum absolute atomic E-state index is 9.79. The molecule has 22 heavy (non-hydrogen) atoms. The molecule has 136 valence electrons. The lowest BCUT2D eigenvalue weighted by Crippen LogP contribution is -3.00. The predicted molar refractivity (Wildman–Crippen MR) is 95.0 cm³/mol. The molecule has 1 N–H and O–H groups in total. The maximum atomic E-state index is 9.79. The van der Waals surface area contributed by atoms with E-state index in [1.807, 2.05) is 0 Å². The smallest absolute Gasteiger partial charge is 0.0909 e. The van der Waals surface area contributed by atoms with Crippen LogP contribution in [0.2, 0.25) is 0 Å². The first-order chi connectivity index (χ1) is 9.91. The van der Waals surface area contributed by atoms with Crippen LogP contribution in [0.5, 0.6) is 0 Å². The van der Waals surface area contributed by atoms with Gasteiger partial charge in [-0.3, -0.25) is 0 Å². The van der Waals surface area contributed by atoms with Gasteiger partial charge in [-0.2, -0.15) is 0 Å².